The van der Waals surface area contributed by atoms with Crippen molar-refractivity contribution in [1.82, 2.24) is 0 Å². The van der Waals surface area contributed by atoms with Gasteiger partial charge in [0.05, 0.1) is 6.42 Å². The molecule has 0 saturated carbocycles. The molecule has 1 aliphatic heterocycles. The lowest BCUT2D eigenvalue weighted by Crippen LogP contribution is -2.25. The molecule has 4 nitrogen and oxygen atoms in total. The molecule has 1 fully saturated rings. The summed E-state index contributed by atoms with van der Waals surface area (Å²) < 4.78 is 4.86. The predicted octanol–water partition coefficient (Wildman–Crippen LogP) is 0.0193. The van der Waals surface area contributed by atoms with E-state index in [4.69, 9.17) is 9.84 Å². The number of rotatable bonds is 1. The molecular formula is C5H10O4. The average molecular weight is 134 g/mol. The number of aliphatic hydroxyl groups excluding tert-OH is 1. The summed E-state index contributed by atoms with van der Waals surface area (Å²) in [6.07, 6.45) is -0.501. The standard InChI is InChI=1S/C5H10O4/c1-5(7-2)3-4(6)8-9-5/h4,6H,3H2,1-2H3/t4-,5+/m0/s1. The first kappa shape index (κ1) is 6.95. The Morgan fingerprint density at radius 3 is 2.67 bits per heavy atom. The second-order valence-corrected chi connectivity index (χ2v) is 2.18. The molecule has 1 rings (SSSR count). The van der Waals surface area contributed by atoms with Crippen LogP contribution in [0.1, 0.15) is 13.3 Å². The molecule has 1 heterocycles. The smallest absolute Gasteiger partial charge is 0.203 e. The van der Waals surface area contributed by atoms with Gasteiger partial charge in [0.2, 0.25) is 5.79 Å². The highest BCUT2D eigenvalue weighted by molar-refractivity contribution is 4.65. The second-order valence-electron chi connectivity index (χ2n) is 2.18. The molecule has 4 heteroatoms. The van der Waals surface area contributed by atoms with E-state index in [-0.39, 0.29) is 0 Å². The van der Waals surface area contributed by atoms with Crippen molar-refractivity contribution < 1.29 is 19.6 Å². The van der Waals surface area contributed by atoms with Gasteiger partial charge in [-0.25, -0.2) is 4.89 Å². The molecule has 2 atom stereocenters. The van der Waals surface area contributed by atoms with Gasteiger partial charge in [0.15, 0.2) is 6.29 Å². The molecule has 0 aromatic carbocycles. The zero-order valence-electron chi connectivity index (χ0n) is 5.46. The summed E-state index contributed by atoms with van der Waals surface area (Å²) in [5.74, 6) is -0.764. The molecule has 0 aromatic rings. The van der Waals surface area contributed by atoms with Gasteiger partial charge in [-0.2, -0.15) is 4.89 Å². The Bertz CT molecular complexity index is 105. The number of ether oxygens (including phenoxy) is 1. The number of hydrogen-bond donors (Lipinski definition) is 1. The fourth-order valence-corrected chi connectivity index (χ4v) is 0.660. The molecule has 1 N–H and O–H groups in total. The van der Waals surface area contributed by atoms with E-state index in [0.717, 1.165) is 0 Å². The number of hydrogen-bond acceptors (Lipinski definition) is 4. The van der Waals surface area contributed by atoms with Crippen LogP contribution in [0.2, 0.25) is 0 Å². The van der Waals surface area contributed by atoms with Crippen molar-refractivity contribution in [2.75, 3.05) is 7.11 Å². The van der Waals surface area contributed by atoms with Crippen molar-refractivity contribution in [1.29, 1.82) is 0 Å². The monoisotopic (exact) mass is 134 g/mol. The van der Waals surface area contributed by atoms with Crippen LogP contribution in [-0.2, 0) is 14.5 Å². The third-order valence-electron chi connectivity index (χ3n) is 1.31. The summed E-state index contributed by atoms with van der Waals surface area (Å²) in [6, 6.07) is 0. The Labute approximate surface area is 53.3 Å². The van der Waals surface area contributed by atoms with Crippen LogP contribution in [0.25, 0.3) is 0 Å². The Balaban J connectivity index is 2.45. The lowest BCUT2D eigenvalue weighted by atomic mass is 10.2. The van der Waals surface area contributed by atoms with E-state index in [2.05, 4.69) is 9.78 Å². The Morgan fingerprint density at radius 2 is 2.44 bits per heavy atom. The summed E-state index contributed by atoms with van der Waals surface area (Å²) in [5, 5.41) is 8.77. The summed E-state index contributed by atoms with van der Waals surface area (Å²) in [7, 11) is 1.50. The first-order chi connectivity index (χ1) is 4.16. The van der Waals surface area contributed by atoms with Gasteiger partial charge in [-0.3, -0.25) is 0 Å². The van der Waals surface area contributed by atoms with E-state index in [9.17, 15) is 0 Å². The average Bonchev–Trinajstić information content (AvgIpc) is 2.13. The van der Waals surface area contributed by atoms with E-state index in [1.165, 1.54) is 7.11 Å². The van der Waals surface area contributed by atoms with Crippen LogP contribution < -0.4 is 0 Å². The highest BCUT2D eigenvalue weighted by Gasteiger charge is 2.37. The lowest BCUT2D eigenvalue weighted by Gasteiger charge is -2.16. The maximum Gasteiger partial charge on any atom is 0.203 e. The van der Waals surface area contributed by atoms with E-state index in [1.54, 1.807) is 6.92 Å². The van der Waals surface area contributed by atoms with Crippen molar-refractivity contribution >= 4 is 0 Å². The highest BCUT2D eigenvalue weighted by Crippen LogP contribution is 2.26. The molecule has 1 saturated heterocycles. The van der Waals surface area contributed by atoms with Crippen molar-refractivity contribution in [2.45, 2.75) is 25.4 Å². The molecule has 54 valence electrons. The molecule has 0 aliphatic carbocycles. The molecule has 0 radical (unpaired) electrons. The van der Waals surface area contributed by atoms with Crippen LogP contribution in [-0.4, -0.2) is 24.3 Å². The van der Waals surface area contributed by atoms with Crippen LogP contribution in [0.4, 0.5) is 0 Å². The van der Waals surface area contributed by atoms with Gasteiger partial charge in [0, 0.05) is 7.11 Å². The largest absolute Gasteiger partial charge is 0.365 e. The van der Waals surface area contributed by atoms with Gasteiger partial charge in [-0.1, -0.05) is 0 Å². The highest BCUT2D eigenvalue weighted by atomic mass is 17.3. The van der Waals surface area contributed by atoms with Crippen molar-refractivity contribution in [3.05, 3.63) is 0 Å². The second kappa shape index (κ2) is 2.22. The van der Waals surface area contributed by atoms with Crippen LogP contribution in [0, 0.1) is 0 Å². The van der Waals surface area contributed by atoms with Crippen LogP contribution >= 0.6 is 0 Å². The Morgan fingerprint density at radius 1 is 1.78 bits per heavy atom. The lowest BCUT2D eigenvalue weighted by molar-refractivity contribution is -0.395. The van der Waals surface area contributed by atoms with Gasteiger partial charge in [0.25, 0.3) is 0 Å². The Hall–Kier alpha value is -0.160. The minimum absolute atomic E-state index is 0.351. The maximum absolute atomic E-state index is 8.77. The molecule has 0 aromatic heterocycles. The van der Waals surface area contributed by atoms with Gasteiger partial charge in [-0.15, -0.1) is 0 Å². The summed E-state index contributed by atoms with van der Waals surface area (Å²) in [6.45, 7) is 1.70. The van der Waals surface area contributed by atoms with Crippen LogP contribution in [0.3, 0.4) is 0 Å². The molecule has 0 bridgehead atoms. The SMILES string of the molecule is CO[C@@]1(C)C[C@@H](O)OO1. The van der Waals surface area contributed by atoms with Gasteiger partial charge in [0.1, 0.15) is 0 Å². The van der Waals surface area contributed by atoms with E-state index in [1.807, 2.05) is 0 Å². The predicted molar refractivity (Wildman–Crippen MR) is 28.2 cm³/mol. The van der Waals surface area contributed by atoms with E-state index < -0.39 is 12.1 Å². The minimum Gasteiger partial charge on any atom is -0.365 e. The molecular weight excluding hydrogens is 124 g/mol. The molecule has 0 spiro atoms. The first-order valence-corrected chi connectivity index (χ1v) is 2.74. The van der Waals surface area contributed by atoms with Crippen LogP contribution in [0.5, 0.6) is 0 Å². The summed E-state index contributed by atoms with van der Waals surface area (Å²) in [5.41, 5.74) is 0. The van der Waals surface area contributed by atoms with Gasteiger partial charge < -0.3 is 9.84 Å². The molecule has 9 heavy (non-hydrogen) atoms. The third kappa shape index (κ3) is 1.40. The molecule has 1 aliphatic rings. The van der Waals surface area contributed by atoms with Crippen molar-refractivity contribution in [3.8, 4) is 0 Å². The fourth-order valence-electron chi connectivity index (χ4n) is 0.660. The number of methoxy groups -OCH3 is 1. The van der Waals surface area contributed by atoms with Gasteiger partial charge >= 0.3 is 0 Å². The quantitative estimate of drug-likeness (QED) is 0.513. The zero-order chi connectivity index (χ0) is 6.91. The minimum atomic E-state index is -0.852. The van der Waals surface area contributed by atoms with Crippen LogP contribution in [0.15, 0.2) is 0 Å². The van der Waals surface area contributed by atoms with Crippen molar-refractivity contribution in [2.24, 2.45) is 0 Å². The molecule has 0 unspecified atom stereocenters. The maximum atomic E-state index is 8.77. The normalized spacial score (nSPS) is 43.7. The fraction of sp³-hybridized carbons (Fsp3) is 1.00. The summed E-state index contributed by atoms with van der Waals surface area (Å²) >= 11 is 0. The Kier molecular flexibility index (Phi) is 1.72. The zero-order valence-corrected chi connectivity index (χ0v) is 5.46. The topological polar surface area (TPSA) is 47.9 Å². The van der Waals surface area contributed by atoms with E-state index in [0.29, 0.717) is 6.42 Å². The molecule has 0 amide bonds. The number of aliphatic hydroxyl groups is 1. The summed E-state index contributed by atoms with van der Waals surface area (Å²) in [4.78, 5) is 9.02. The van der Waals surface area contributed by atoms with E-state index >= 15 is 0 Å². The van der Waals surface area contributed by atoms with Gasteiger partial charge in [-0.05, 0) is 6.92 Å². The third-order valence-corrected chi connectivity index (χ3v) is 1.31. The van der Waals surface area contributed by atoms with Crippen molar-refractivity contribution in [3.63, 3.8) is 0 Å². The first-order valence-electron chi connectivity index (χ1n) is 2.74.